The molecule has 0 aliphatic rings. The highest BCUT2D eigenvalue weighted by Crippen LogP contribution is 2.26. The summed E-state index contributed by atoms with van der Waals surface area (Å²) in [5, 5.41) is 4.73. The van der Waals surface area contributed by atoms with Crippen molar-refractivity contribution in [1.29, 1.82) is 0 Å². The van der Waals surface area contributed by atoms with Crippen molar-refractivity contribution in [3.8, 4) is 17.1 Å². The number of fused-ring (bicyclic) bond motifs is 1. The number of H-pyrrole nitrogens is 1. The minimum absolute atomic E-state index is 0.169. The molecule has 0 aliphatic carbocycles. The van der Waals surface area contributed by atoms with Gasteiger partial charge in [-0.3, -0.25) is 4.79 Å². The lowest BCUT2D eigenvalue weighted by Gasteiger charge is -2.10. The zero-order chi connectivity index (χ0) is 20.6. The summed E-state index contributed by atoms with van der Waals surface area (Å²) in [5.41, 5.74) is 1.86. The number of para-hydroxylation sites is 1. The first kappa shape index (κ1) is 21.1. The standard InChI is InChI=1S/C23H32N4O2/c1-4-6-7-8-9-10-11-16-20-24-17(3)21-23(28)25-22(26-27(20)21)18-14-12-13-15-19(18)29-5-2/h12-15H,4-11,16H2,1-3H3,(H,25,26,28). The SMILES string of the molecule is CCCCCCCCCc1nc(C)c2c(=O)[nH]c(-c3ccccc3OCC)nn12. The third kappa shape index (κ3) is 5.05. The first-order valence-electron chi connectivity index (χ1n) is 10.9. The number of aromatic nitrogens is 4. The molecular weight excluding hydrogens is 364 g/mol. The number of hydrogen-bond donors (Lipinski definition) is 1. The number of ether oxygens (including phenoxy) is 1. The second kappa shape index (κ2) is 10.2. The molecule has 29 heavy (non-hydrogen) atoms. The molecule has 2 heterocycles. The summed E-state index contributed by atoms with van der Waals surface area (Å²) in [6.45, 7) is 6.60. The molecule has 2 aromatic heterocycles. The van der Waals surface area contributed by atoms with Crippen LogP contribution in [0.1, 0.15) is 70.3 Å². The fraction of sp³-hybridized carbons (Fsp3) is 0.522. The lowest BCUT2D eigenvalue weighted by Crippen LogP contribution is -2.16. The van der Waals surface area contributed by atoms with Crippen LogP contribution in [-0.2, 0) is 6.42 Å². The summed E-state index contributed by atoms with van der Waals surface area (Å²) < 4.78 is 7.44. The molecule has 0 fully saturated rings. The van der Waals surface area contributed by atoms with E-state index in [1.54, 1.807) is 4.52 Å². The van der Waals surface area contributed by atoms with Gasteiger partial charge in [-0.15, -0.1) is 5.10 Å². The molecule has 0 saturated carbocycles. The molecule has 0 atom stereocenters. The number of unbranched alkanes of at least 4 members (excludes halogenated alkanes) is 6. The third-order valence-corrected chi connectivity index (χ3v) is 5.19. The van der Waals surface area contributed by atoms with Gasteiger partial charge >= 0.3 is 0 Å². The number of aromatic amines is 1. The monoisotopic (exact) mass is 396 g/mol. The first-order chi connectivity index (χ1) is 14.2. The van der Waals surface area contributed by atoms with Crippen LogP contribution in [0.15, 0.2) is 29.1 Å². The Morgan fingerprint density at radius 2 is 1.76 bits per heavy atom. The molecule has 1 aromatic carbocycles. The molecule has 6 heteroatoms. The fourth-order valence-corrected chi connectivity index (χ4v) is 3.70. The van der Waals surface area contributed by atoms with Gasteiger partial charge < -0.3 is 9.72 Å². The third-order valence-electron chi connectivity index (χ3n) is 5.19. The number of nitrogens with zero attached hydrogens (tertiary/aromatic N) is 3. The molecule has 156 valence electrons. The zero-order valence-corrected chi connectivity index (χ0v) is 17.8. The van der Waals surface area contributed by atoms with E-state index in [9.17, 15) is 4.79 Å². The number of rotatable bonds is 11. The number of aryl methyl sites for hydroxylation is 2. The van der Waals surface area contributed by atoms with Gasteiger partial charge in [-0.2, -0.15) is 0 Å². The van der Waals surface area contributed by atoms with E-state index in [1.165, 1.54) is 38.5 Å². The van der Waals surface area contributed by atoms with E-state index in [0.717, 1.165) is 29.9 Å². The van der Waals surface area contributed by atoms with Gasteiger partial charge in [0.1, 0.15) is 11.6 Å². The Kier molecular flexibility index (Phi) is 7.44. The van der Waals surface area contributed by atoms with Crippen LogP contribution in [0.3, 0.4) is 0 Å². The van der Waals surface area contributed by atoms with Crippen molar-refractivity contribution in [2.75, 3.05) is 6.61 Å². The summed E-state index contributed by atoms with van der Waals surface area (Å²) in [6.07, 6.45) is 9.53. The molecule has 3 aromatic rings. The molecule has 0 radical (unpaired) electrons. The highest BCUT2D eigenvalue weighted by molar-refractivity contribution is 5.64. The first-order valence-corrected chi connectivity index (χ1v) is 10.9. The van der Waals surface area contributed by atoms with Crippen LogP contribution in [0.25, 0.3) is 16.9 Å². The van der Waals surface area contributed by atoms with E-state index >= 15 is 0 Å². The van der Waals surface area contributed by atoms with Crippen LogP contribution in [0.5, 0.6) is 5.75 Å². The quantitative estimate of drug-likeness (QED) is 0.459. The van der Waals surface area contributed by atoms with E-state index in [-0.39, 0.29) is 5.56 Å². The molecule has 0 amide bonds. The van der Waals surface area contributed by atoms with Gasteiger partial charge in [0.2, 0.25) is 0 Å². The molecule has 0 unspecified atom stereocenters. The van der Waals surface area contributed by atoms with Crippen molar-refractivity contribution in [3.05, 3.63) is 46.1 Å². The Hall–Kier alpha value is -2.63. The average molecular weight is 397 g/mol. The summed E-state index contributed by atoms with van der Waals surface area (Å²) >= 11 is 0. The van der Waals surface area contributed by atoms with E-state index in [0.29, 0.717) is 23.7 Å². The highest BCUT2D eigenvalue weighted by Gasteiger charge is 2.16. The maximum Gasteiger partial charge on any atom is 0.277 e. The maximum absolute atomic E-state index is 12.8. The second-order valence-electron chi connectivity index (χ2n) is 7.48. The topological polar surface area (TPSA) is 72.3 Å². The van der Waals surface area contributed by atoms with Crippen molar-refractivity contribution in [2.24, 2.45) is 0 Å². The smallest absolute Gasteiger partial charge is 0.277 e. The Balaban J connectivity index is 1.83. The lowest BCUT2D eigenvalue weighted by molar-refractivity contribution is 0.341. The summed E-state index contributed by atoms with van der Waals surface area (Å²) in [5.74, 6) is 2.07. The highest BCUT2D eigenvalue weighted by atomic mass is 16.5. The van der Waals surface area contributed by atoms with E-state index in [1.807, 2.05) is 38.1 Å². The molecule has 0 aliphatic heterocycles. The number of nitrogens with one attached hydrogen (secondary N) is 1. The number of hydrogen-bond acceptors (Lipinski definition) is 4. The van der Waals surface area contributed by atoms with Gasteiger partial charge in [0, 0.05) is 6.42 Å². The molecule has 0 saturated heterocycles. The van der Waals surface area contributed by atoms with Gasteiger partial charge in [-0.25, -0.2) is 9.50 Å². The molecule has 1 N–H and O–H groups in total. The average Bonchev–Trinajstić information content (AvgIpc) is 3.04. The molecule has 6 nitrogen and oxygen atoms in total. The lowest BCUT2D eigenvalue weighted by atomic mass is 10.1. The largest absolute Gasteiger partial charge is 0.493 e. The predicted octanol–water partition coefficient (Wildman–Crippen LogP) is 5.08. The van der Waals surface area contributed by atoms with Crippen LogP contribution in [0.4, 0.5) is 0 Å². The molecule has 0 bridgehead atoms. The van der Waals surface area contributed by atoms with Crippen LogP contribution in [0.2, 0.25) is 0 Å². The van der Waals surface area contributed by atoms with Crippen molar-refractivity contribution < 1.29 is 4.74 Å². The fourth-order valence-electron chi connectivity index (χ4n) is 3.70. The van der Waals surface area contributed by atoms with Gasteiger partial charge in [0.25, 0.3) is 5.56 Å². The predicted molar refractivity (Wildman–Crippen MR) is 117 cm³/mol. The van der Waals surface area contributed by atoms with Gasteiger partial charge in [-0.05, 0) is 32.4 Å². The van der Waals surface area contributed by atoms with Crippen molar-refractivity contribution in [1.82, 2.24) is 19.6 Å². The summed E-state index contributed by atoms with van der Waals surface area (Å²) in [7, 11) is 0. The Morgan fingerprint density at radius 3 is 2.52 bits per heavy atom. The number of benzene rings is 1. The Bertz CT molecular complexity index is 990. The van der Waals surface area contributed by atoms with E-state index in [4.69, 9.17) is 9.84 Å². The Morgan fingerprint density at radius 1 is 1.03 bits per heavy atom. The minimum Gasteiger partial charge on any atom is -0.493 e. The second-order valence-corrected chi connectivity index (χ2v) is 7.48. The minimum atomic E-state index is -0.169. The Labute approximate surface area is 172 Å². The van der Waals surface area contributed by atoms with Gasteiger partial charge in [-0.1, -0.05) is 57.6 Å². The van der Waals surface area contributed by atoms with Crippen molar-refractivity contribution >= 4 is 5.52 Å². The molecule has 0 spiro atoms. The van der Waals surface area contributed by atoms with Crippen LogP contribution < -0.4 is 10.3 Å². The van der Waals surface area contributed by atoms with Crippen LogP contribution >= 0.6 is 0 Å². The number of imidazole rings is 1. The molecular formula is C23H32N4O2. The van der Waals surface area contributed by atoms with Gasteiger partial charge in [0.15, 0.2) is 11.3 Å². The van der Waals surface area contributed by atoms with E-state index < -0.39 is 0 Å². The summed E-state index contributed by atoms with van der Waals surface area (Å²) in [4.78, 5) is 20.3. The van der Waals surface area contributed by atoms with Crippen LogP contribution in [-0.4, -0.2) is 26.2 Å². The van der Waals surface area contributed by atoms with Gasteiger partial charge in [0.05, 0.1) is 17.9 Å². The van der Waals surface area contributed by atoms with Crippen molar-refractivity contribution in [2.45, 2.75) is 72.1 Å². The zero-order valence-electron chi connectivity index (χ0n) is 17.8. The van der Waals surface area contributed by atoms with E-state index in [2.05, 4.69) is 16.9 Å². The summed E-state index contributed by atoms with van der Waals surface area (Å²) in [6, 6.07) is 7.63. The van der Waals surface area contributed by atoms with Crippen LogP contribution in [0, 0.1) is 6.92 Å². The molecule has 3 rings (SSSR count). The van der Waals surface area contributed by atoms with Crippen molar-refractivity contribution in [3.63, 3.8) is 0 Å². The normalized spacial score (nSPS) is 11.3. The maximum atomic E-state index is 12.8.